The van der Waals surface area contributed by atoms with Crippen molar-refractivity contribution < 1.29 is 42.5 Å². The van der Waals surface area contributed by atoms with Gasteiger partial charge in [-0.2, -0.15) is 0 Å². The number of hydrogen-bond acceptors (Lipinski definition) is 5. The Hall–Kier alpha value is -1.05. The summed E-state index contributed by atoms with van der Waals surface area (Å²) < 4.78 is 35.1. The molecular formula is C22H29N2NaO3S. The van der Waals surface area contributed by atoms with Crippen LogP contribution in [0.4, 0.5) is 11.4 Å². The predicted octanol–water partition coefficient (Wildman–Crippen LogP) is 2.10. The van der Waals surface area contributed by atoms with Gasteiger partial charge >= 0.3 is 29.6 Å². The Morgan fingerprint density at radius 3 is 2.34 bits per heavy atom. The van der Waals surface area contributed by atoms with Crippen molar-refractivity contribution in [2.45, 2.75) is 69.5 Å². The minimum atomic E-state index is -4.52. The Kier molecular flexibility index (Phi) is 9.50. The number of hydrogen-bond donors (Lipinski definition) is 1. The van der Waals surface area contributed by atoms with Crippen LogP contribution in [0.2, 0.25) is 0 Å². The van der Waals surface area contributed by atoms with E-state index in [1.807, 2.05) is 24.3 Å². The minimum absolute atomic E-state index is 0. The van der Waals surface area contributed by atoms with Crippen LogP contribution in [0.15, 0.2) is 53.4 Å². The van der Waals surface area contributed by atoms with E-state index < -0.39 is 10.1 Å². The first kappa shape index (κ1) is 24.2. The SMILES string of the molecule is CCCCCCCCC1Nc2c(cccc2S(=O)(=O)[O-])N1Cc1ccccc1.[Na+]. The summed E-state index contributed by atoms with van der Waals surface area (Å²) >= 11 is 0. The number of para-hydroxylation sites is 1. The van der Waals surface area contributed by atoms with Crippen molar-refractivity contribution in [2.24, 2.45) is 0 Å². The van der Waals surface area contributed by atoms with E-state index in [4.69, 9.17) is 0 Å². The largest absolute Gasteiger partial charge is 1.00 e. The van der Waals surface area contributed by atoms with Crippen molar-refractivity contribution in [2.75, 3.05) is 10.2 Å². The van der Waals surface area contributed by atoms with E-state index in [0.717, 1.165) is 24.1 Å². The van der Waals surface area contributed by atoms with E-state index in [9.17, 15) is 13.0 Å². The maximum Gasteiger partial charge on any atom is 1.00 e. The van der Waals surface area contributed by atoms with Crippen LogP contribution in [0.3, 0.4) is 0 Å². The van der Waals surface area contributed by atoms with E-state index in [2.05, 4.69) is 29.3 Å². The van der Waals surface area contributed by atoms with Gasteiger partial charge in [-0.1, -0.05) is 75.4 Å². The van der Waals surface area contributed by atoms with Crippen LogP contribution in [0.1, 0.15) is 57.4 Å². The van der Waals surface area contributed by atoms with Crippen molar-refractivity contribution in [1.29, 1.82) is 0 Å². The molecule has 5 nitrogen and oxygen atoms in total. The summed E-state index contributed by atoms with van der Waals surface area (Å²) in [5.41, 5.74) is 2.39. The third kappa shape index (κ3) is 6.46. The summed E-state index contributed by atoms with van der Waals surface area (Å²) in [6, 6.07) is 15.0. The monoisotopic (exact) mass is 424 g/mol. The van der Waals surface area contributed by atoms with E-state index in [1.165, 1.54) is 38.2 Å². The van der Waals surface area contributed by atoms with Gasteiger partial charge in [0.2, 0.25) is 0 Å². The van der Waals surface area contributed by atoms with E-state index in [0.29, 0.717) is 12.2 Å². The summed E-state index contributed by atoms with van der Waals surface area (Å²) in [5.74, 6) is 0. The van der Waals surface area contributed by atoms with Crippen LogP contribution in [-0.2, 0) is 16.7 Å². The first-order valence-electron chi connectivity index (χ1n) is 10.2. The summed E-state index contributed by atoms with van der Waals surface area (Å²) in [5, 5.41) is 3.33. The Morgan fingerprint density at radius 1 is 0.966 bits per heavy atom. The Balaban J connectivity index is 0.00000300. The van der Waals surface area contributed by atoms with Gasteiger partial charge in [-0.25, -0.2) is 8.42 Å². The predicted molar refractivity (Wildman–Crippen MR) is 112 cm³/mol. The molecule has 1 unspecified atom stereocenters. The molecule has 1 heterocycles. The average molecular weight is 425 g/mol. The van der Waals surface area contributed by atoms with Gasteiger partial charge in [0.15, 0.2) is 0 Å². The summed E-state index contributed by atoms with van der Waals surface area (Å²) in [7, 11) is -4.52. The fourth-order valence-corrected chi connectivity index (χ4v) is 4.50. The molecule has 0 spiro atoms. The molecule has 2 aromatic rings. The average Bonchev–Trinajstić information content (AvgIpc) is 3.02. The number of nitrogens with one attached hydrogen (secondary N) is 1. The number of rotatable bonds is 10. The van der Waals surface area contributed by atoms with Crippen molar-refractivity contribution in [1.82, 2.24) is 0 Å². The number of anilines is 2. The van der Waals surface area contributed by atoms with Crippen LogP contribution in [0, 0.1) is 0 Å². The first-order valence-corrected chi connectivity index (χ1v) is 11.6. The van der Waals surface area contributed by atoms with E-state index in [1.54, 1.807) is 6.07 Å². The topological polar surface area (TPSA) is 72.5 Å². The third-order valence-electron chi connectivity index (χ3n) is 5.30. The van der Waals surface area contributed by atoms with Crippen LogP contribution in [0.25, 0.3) is 0 Å². The summed E-state index contributed by atoms with van der Waals surface area (Å²) in [6.45, 7) is 2.88. The summed E-state index contributed by atoms with van der Waals surface area (Å²) in [4.78, 5) is 2.03. The van der Waals surface area contributed by atoms with Crippen molar-refractivity contribution in [3.05, 3.63) is 54.1 Å². The molecule has 0 aliphatic carbocycles. The number of fused-ring (bicyclic) bond motifs is 1. The second-order valence-corrected chi connectivity index (χ2v) is 8.78. The van der Waals surface area contributed by atoms with Gasteiger partial charge in [-0.3, -0.25) is 0 Å². The smallest absolute Gasteiger partial charge is 0.744 e. The van der Waals surface area contributed by atoms with Gasteiger partial charge in [-0.05, 0) is 30.5 Å². The zero-order chi connectivity index (χ0) is 20.0. The van der Waals surface area contributed by atoms with E-state index in [-0.39, 0.29) is 40.6 Å². The fourth-order valence-electron chi connectivity index (χ4n) is 3.85. The van der Waals surface area contributed by atoms with Crippen LogP contribution < -0.4 is 39.8 Å². The molecule has 0 aromatic heterocycles. The Bertz CT molecular complexity index is 875. The van der Waals surface area contributed by atoms with Gasteiger partial charge in [-0.15, -0.1) is 0 Å². The van der Waals surface area contributed by atoms with Crippen LogP contribution in [-0.4, -0.2) is 19.1 Å². The Labute approximate surface area is 196 Å². The molecule has 3 rings (SSSR count). The van der Waals surface area contributed by atoms with Crippen LogP contribution >= 0.6 is 0 Å². The molecule has 0 bridgehead atoms. The quantitative estimate of drug-likeness (QED) is 0.359. The molecule has 0 saturated carbocycles. The minimum Gasteiger partial charge on any atom is -0.744 e. The molecule has 1 aliphatic rings. The van der Waals surface area contributed by atoms with Crippen LogP contribution in [0.5, 0.6) is 0 Å². The van der Waals surface area contributed by atoms with Gasteiger partial charge in [0, 0.05) is 6.54 Å². The second kappa shape index (κ2) is 11.4. The van der Waals surface area contributed by atoms with Gasteiger partial charge < -0.3 is 14.8 Å². The standard InChI is InChI=1S/C22H30N2O3S.Na/c1-2-3-4-5-6-10-16-21-23-22-19(14-11-15-20(22)28(25,26)27)24(21)17-18-12-8-7-9-13-18;/h7-9,11-15,21,23H,2-6,10,16-17H2,1H3,(H,25,26,27);/q;+1/p-1. The molecule has 0 saturated heterocycles. The third-order valence-corrected chi connectivity index (χ3v) is 6.18. The molecule has 2 aromatic carbocycles. The molecule has 1 N–H and O–H groups in total. The van der Waals surface area contributed by atoms with Gasteiger partial charge in [0.05, 0.1) is 22.4 Å². The second-order valence-electron chi connectivity index (χ2n) is 7.43. The molecule has 7 heteroatoms. The molecule has 0 radical (unpaired) electrons. The van der Waals surface area contributed by atoms with Gasteiger partial charge in [0.25, 0.3) is 0 Å². The molecule has 0 fully saturated rings. The maximum absolute atomic E-state index is 11.7. The first-order chi connectivity index (χ1) is 13.5. The molecule has 152 valence electrons. The van der Waals surface area contributed by atoms with E-state index >= 15 is 0 Å². The van der Waals surface area contributed by atoms with Crippen molar-refractivity contribution in [3.63, 3.8) is 0 Å². The van der Waals surface area contributed by atoms with Crippen molar-refractivity contribution >= 4 is 21.5 Å². The molecular weight excluding hydrogens is 395 g/mol. The maximum atomic E-state index is 11.7. The normalized spacial score (nSPS) is 15.5. The van der Waals surface area contributed by atoms with Gasteiger partial charge in [0.1, 0.15) is 10.1 Å². The molecule has 1 aliphatic heterocycles. The molecule has 1 atom stereocenters. The molecule has 29 heavy (non-hydrogen) atoms. The number of benzene rings is 2. The zero-order valence-corrected chi connectivity index (χ0v) is 20.2. The number of unbranched alkanes of at least 4 members (excludes halogenated alkanes) is 5. The molecule has 0 amide bonds. The zero-order valence-electron chi connectivity index (χ0n) is 17.4. The summed E-state index contributed by atoms with van der Waals surface area (Å²) in [6.07, 6.45) is 8.14. The fraction of sp³-hybridized carbons (Fsp3) is 0.455. The van der Waals surface area contributed by atoms with Crippen molar-refractivity contribution in [3.8, 4) is 0 Å². The Morgan fingerprint density at radius 2 is 1.66 bits per heavy atom. The number of nitrogens with zero attached hydrogens (tertiary/aromatic N) is 1.